The summed E-state index contributed by atoms with van der Waals surface area (Å²) < 4.78 is 11.3. The molecule has 0 amide bonds. The summed E-state index contributed by atoms with van der Waals surface area (Å²) in [6, 6.07) is 8.12. The van der Waals surface area contributed by atoms with Gasteiger partial charge < -0.3 is 14.2 Å². The van der Waals surface area contributed by atoms with Crippen molar-refractivity contribution in [3.8, 4) is 11.5 Å². The van der Waals surface area contributed by atoms with E-state index in [9.17, 15) is 0 Å². The van der Waals surface area contributed by atoms with Crippen molar-refractivity contribution in [2.24, 2.45) is 0 Å². The topological polar surface area (TPSA) is 51.2 Å². The van der Waals surface area contributed by atoms with Crippen LogP contribution in [0, 0.1) is 6.92 Å². The Labute approximate surface area is 111 Å². The molecule has 0 fully saturated rings. The summed E-state index contributed by atoms with van der Waals surface area (Å²) in [6.45, 7) is 5.70. The number of oxazole rings is 1. The average molecular weight is 256 g/mol. The number of fused-ring (bicyclic) bond motifs is 1. The molecule has 0 aliphatic carbocycles. The number of rotatable bonds is 4. The molecule has 1 N–H and O–H groups in total. The Morgan fingerprint density at radius 3 is 3.00 bits per heavy atom. The Bertz CT molecular complexity index is 697. The molecule has 2 heterocycles. The lowest BCUT2D eigenvalue weighted by atomic mass is 10.2. The van der Waals surface area contributed by atoms with Gasteiger partial charge in [0.1, 0.15) is 11.3 Å². The molecule has 0 unspecified atom stereocenters. The third-order valence-electron chi connectivity index (χ3n) is 3.08. The number of hydrogen-bond acceptors (Lipinski definition) is 4. The Morgan fingerprint density at radius 2 is 2.16 bits per heavy atom. The number of nitrogens with one attached hydrogen (secondary N) is 1. The largest absolute Gasteiger partial charge is 0.453 e. The van der Waals surface area contributed by atoms with Crippen molar-refractivity contribution in [3.63, 3.8) is 0 Å². The van der Waals surface area contributed by atoms with Crippen LogP contribution in [-0.2, 0) is 6.54 Å². The molecule has 2 aromatic heterocycles. The number of benzene rings is 1. The zero-order valence-corrected chi connectivity index (χ0v) is 11.1. The van der Waals surface area contributed by atoms with E-state index in [1.807, 2.05) is 18.2 Å². The Balaban J connectivity index is 2.01. The molecule has 4 heteroatoms. The molecule has 0 radical (unpaired) electrons. The minimum Gasteiger partial charge on any atom is -0.453 e. The van der Waals surface area contributed by atoms with E-state index in [4.69, 9.17) is 8.83 Å². The zero-order valence-electron chi connectivity index (χ0n) is 11.1. The van der Waals surface area contributed by atoms with Gasteiger partial charge in [0, 0.05) is 11.9 Å². The molecule has 98 valence electrons. The van der Waals surface area contributed by atoms with Gasteiger partial charge in [-0.05, 0) is 31.7 Å². The van der Waals surface area contributed by atoms with Crippen LogP contribution in [0.25, 0.3) is 22.5 Å². The van der Waals surface area contributed by atoms with Crippen molar-refractivity contribution in [1.29, 1.82) is 0 Å². The molecule has 0 atom stereocenters. The quantitative estimate of drug-likeness (QED) is 0.776. The Morgan fingerprint density at radius 1 is 1.26 bits per heavy atom. The van der Waals surface area contributed by atoms with Gasteiger partial charge in [-0.25, -0.2) is 4.98 Å². The van der Waals surface area contributed by atoms with Crippen LogP contribution in [0.2, 0.25) is 0 Å². The summed E-state index contributed by atoms with van der Waals surface area (Å²) in [5, 5.41) is 4.32. The first kappa shape index (κ1) is 12.0. The first-order valence-corrected chi connectivity index (χ1v) is 6.41. The van der Waals surface area contributed by atoms with Gasteiger partial charge >= 0.3 is 0 Å². The van der Waals surface area contributed by atoms with Crippen molar-refractivity contribution in [2.75, 3.05) is 6.54 Å². The highest BCUT2D eigenvalue weighted by Gasteiger charge is 2.15. The van der Waals surface area contributed by atoms with Gasteiger partial charge in [-0.3, -0.25) is 0 Å². The van der Waals surface area contributed by atoms with Crippen LogP contribution in [0.3, 0.4) is 0 Å². The maximum Gasteiger partial charge on any atom is 0.194 e. The van der Waals surface area contributed by atoms with E-state index in [0.717, 1.165) is 29.0 Å². The van der Waals surface area contributed by atoms with E-state index >= 15 is 0 Å². The maximum atomic E-state index is 5.83. The number of aromatic nitrogens is 1. The van der Waals surface area contributed by atoms with Crippen LogP contribution >= 0.6 is 0 Å². The SMILES string of the molecule is CCNCc1ncoc1-c1cc2cc(C)ccc2o1. The first-order valence-electron chi connectivity index (χ1n) is 6.41. The van der Waals surface area contributed by atoms with Crippen molar-refractivity contribution in [2.45, 2.75) is 20.4 Å². The number of aryl methyl sites for hydroxylation is 1. The van der Waals surface area contributed by atoms with Gasteiger partial charge in [-0.2, -0.15) is 0 Å². The molecule has 0 saturated carbocycles. The van der Waals surface area contributed by atoms with Gasteiger partial charge in [0.25, 0.3) is 0 Å². The lowest BCUT2D eigenvalue weighted by Crippen LogP contribution is -2.12. The number of hydrogen-bond donors (Lipinski definition) is 1. The van der Waals surface area contributed by atoms with Crippen molar-refractivity contribution in [1.82, 2.24) is 10.3 Å². The summed E-state index contributed by atoms with van der Waals surface area (Å²) in [4.78, 5) is 4.23. The first-order chi connectivity index (χ1) is 9.28. The van der Waals surface area contributed by atoms with Crippen molar-refractivity contribution >= 4 is 11.0 Å². The van der Waals surface area contributed by atoms with E-state index in [1.54, 1.807) is 0 Å². The highest BCUT2D eigenvalue weighted by atomic mass is 16.4. The fourth-order valence-electron chi connectivity index (χ4n) is 2.11. The average Bonchev–Trinajstić information content (AvgIpc) is 3.01. The van der Waals surface area contributed by atoms with Crippen LogP contribution in [0.15, 0.2) is 39.5 Å². The van der Waals surface area contributed by atoms with Gasteiger partial charge in [-0.15, -0.1) is 0 Å². The predicted octanol–water partition coefficient (Wildman–Crippen LogP) is 3.51. The monoisotopic (exact) mass is 256 g/mol. The molecule has 4 nitrogen and oxygen atoms in total. The summed E-state index contributed by atoms with van der Waals surface area (Å²) in [6.07, 6.45) is 1.46. The smallest absolute Gasteiger partial charge is 0.194 e. The third kappa shape index (κ3) is 2.27. The Hall–Kier alpha value is -2.07. The standard InChI is InChI=1S/C15H16N2O2/c1-3-16-8-12-15(18-9-17-12)14-7-11-6-10(2)4-5-13(11)19-14/h4-7,9,16H,3,8H2,1-2H3. The van der Waals surface area contributed by atoms with E-state index in [2.05, 4.69) is 30.2 Å². The van der Waals surface area contributed by atoms with Crippen molar-refractivity contribution < 1.29 is 8.83 Å². The summed E-state index contributed by atoms with van der Waals surface area (Å²) >= 11 is 0. The molecule has 0 aliphatic heterocycles. The minimum atomic E-state index is 0.679. The lowest BCUT2D eigenvalue weighted by molar-refractivity contribution is 0.534. The molecule has 0 saturated heterocycles. The lowest BCUT2D eigenvalue weighted by Gasteiger charge is -1.98. The zero-order chi connectivity index (χ0) is 13.2. The van der Waals surface area contributed by atoms with E-state index < -0.39 is 0 Å². The molecular weight excluding hydrogens is 240 g/mol. The predicted molar refractivity (Wildman–Crippen MR) is 73.8 cm³/mol. The number of nitrogens with zero attached hydrogens (tertiary/aromatic N) is 1. The van der Waals surface area contributed by atoms with Gasteiger partial charge in [0.15, 0.2) is 17.9 Å². The van der Waals surface area contributed by atoms with E-state index in [-0.39, 0.29) is 0 Å². The summed E-state index contributed by atoms with van der Waals surface area (Å²) in [5.74, 6) is 1.43. The van der Waals surface area contributed by atoms with E-state index in [1.165, 1.54) is 12.0 Å². The van der Waals surface area contributed by atoms with Crippen LogP contribution in [0.5, 0.6) is 0 Å². The molecule has 19 heavy (non-hydrogen) atoms. The fraction of sp³-hybridized carbons (Fsp3) is 0.267. The molecule has 0 aliphatic rings. The normalized spacial score (nSPS) is 11.3. The van der Waals surface area contributed by atoms with Crippen LogP contribution in [-0.4, -0.2) is 11.5 Å². The molecule has 3 aromatic rings. The summed E-state index contributed by atoms with van der Waals surface area (Å²) in [7, 11) is 0. The second-order valence-corrected chi connectivity index (χ2v) is 4.56. The molecule has 1 aromatic carbocycles. The van der Waals surface area contributed by atoms with Gasteiger partial charge in [0.2, 0.25) is 0 Å². The maximum absolute atomic E-state index is 5.83. The fourth-order valence-corrected chi connectivity index (χ4v) is 2.11. The van der Waals surface area contributed by atoms with Gasteiger partial charge in [0.05, 0.1) is 0 Å². The molecule has 3 rings (SSSR count). The highest BCUT2D eigenvalue weighted by Crippen LogP contribution is 2.30. The molecular formula is C15H16N2O2. The summed E-state index contributed by atoms with van der Waals surface area (Å²) in [5.41, 5.74) is 2.95. The number of furan rings is 1. The van der Waals surface area contributed by atoms with Crippen molar-refractivity contribution in [3.05, 3.63) is 41.9 Å². The second-order valence-electron chi connectivity index (χ2n) is 4.56. The minimum absolute atomic E-state index is 0.679. The second kappa shape index (κ2) is 4.90. The van der Waals surface area contributed by atoms with Crippen LogP contribution < -0.4 is 5.32 Å². The molecule has 0 spiro atoms. The van der Waals surface area contributed by atoms with Crippen LogP contribution in [0.4, 0.5) is 0 Å². The van der Waals surface area contributed by atoms with Gasteiger partial charge in [-0.1, -0.05) is 18.6 Å². The van der Waals surface area contributed by atoms with E-state index in [0.29, 0.717) is 12.3 Å². The molecule has 0 bridgehead atoms. The Kier molecular flexibility index (Phi) is 3.09. The highest BCUT2D eigenvalue weighted by molar-refractivity contribution is 5.82. The third-order valence-corrected chi connectivity index (χ3v) is 3.08. The van der Waals surface area contributed by atoms with Crippen LogP contribution in [0.1, 0.15) is 18.2 Å².